The summed E-state index contributed by atoms with van der Waals surface area (Å²) in [7, 11) is 0. The monoisotopic (exact) mass is 361 g/mol. The zero-order valence-corrected chi connectivity index (χ0v) is 14.3. The van der Waals surface area contributed by atoms with Crippen LogP contribution in [0.3, 0.4) is 0 Å². The third kappa shape index (κ3) is 4.72. The maximum absolute atomic E-state index is 13.6. The topological polar surface area (TPSA) is 87.1 Å². The van der Waals surface area contributed by atoms with Gasteiger partial charge in [-0.3, -0.25) is 4.90 Å². The Bertz CT molecular complexity index is 766. The first-order valence-electron chi connectivity index (χ1n) is 8.12. The first-order chi connectivity index (χ1) is 12.4. The van der Waals surface area contributed by atoms with Crippen molar-refractivity contribution < 1.29 is 28.9 Å². The Labute approximate surface area is 150 Å². The second kappa shape index (κ2) is 8.84. The van der Waals surface area contributed by atoms with Gasteiger partial charge in [0.15, 0.2) is 17.6 Å². The van der Waals surface area contributed by atoms with E-state index in [0.29, 0.717) is 6.42 Å². The van der Waals surface area contributed by atoms with E-state index in [9.17, 15) is 24.2 Å². The highest BCUT2D eigenvalue weighted by Crippen LogP contribution is 2.26. The minimum absolute atomic E-state index is 0.00380. The van der Waals surface area contributed by atoms with E-state index in [1.165, 1.54) is 6.07 Å². The van der Waals surface area contributed by atoms with Crippen LogP contribution in [0.5, 0.6) is 5.75 Å². The summed E-state index contributed by atoms with van der Waals surface area (Å²) in [6, 6.07) is 10.8. The van der Waals surface area contributed by atoms with Crippen LogP contribution in [0.1, 0.15) is 30.5 Å². The number of halogens is 1. The Morgan fingerprint density at radius 1 is 1.19 bits per heavy atom. The molecule has 0 aliphatic carbocycles. The first kappa shape index (κ1) is 19.2. The predicted octanol–water partition coefficient (Wildman–Crippen LogP) is 3.71. The summed E-state index contributed by atoms with van der Waals surface area (Å²) < 4.78 is 18.9. The van der Waals surface area contributed by atoms with Gasteiger partial charge in [0, 0.05) is 6.54 Å². The van der Waals surface area contributed by atoms with Gasteiger partial charge in [-0.1, -0.05) is 43.3 Å². The number of carbonyl (C=O) groups is 2. The lowest BCUT2D eigenvalue weighted by Gasteiger charge is -2.28. The van der Waals surface area contributed by atoms with Crippen molar-refractivity contribution in [3.8, 4) is 5.75 Å². The average molecular weight is 361 g/mol. The van der Waals surface area contributed by atoms with Gasteiger partial charge in [-0.25, -0.2) is 14.0 Å². The van der Waals surface area contributed by atoms with Gasteiger partial charge in [0.1, 0.15) is 6.61 Å². The van der Waals surface area contributed by atoms with Gasteiger partial charge in [0.2, 0.25) is 0 Å². The summed E-state index contributed by atoms with van der Waals surface area (Å²) >= 11 is 0. The quantitative estimate of drug-likeness (QED) is 0.785. The van der Waals surface area contributed by atoms with Crippen molar-refractivity contribution in [1.82, 2.24) is 4.90 Å². The summed E-state index contributed by atoms with van der Waals surface area (Å²) in [4.78, 5) is 25.3. The number of benzene rings is 2. The Kier molecular flexibility index (Phi) is 6.54. The molecule has 7 heteroatoms. The number of amides is 1. The fourth-order valence-electron chi connectivity index (χ4n) is 2.52. The molecule has 0 heterocycles. The minimum atomic E-state index is -1.42. The van der Waals surface area contributed by atoms with Crippen molar-refractivity contribution in [3.05, 3.63) is 65.5 Å². The number of hydrogen-bond acceptors (Lipinski definition) is 4. The van der Waals surface area contributed by atoms with E-state index >= 15 is 0 Å². The summed E-state index contributed by atoms with van der Waals surface area (Å²) in [6.07, 6.45) is -0.318. The van der Waals surface area contributed by atoms with Gasteiger partial charge in [0.25, 0.3) is 0 Å². The molecule has 0 saturated carbocycles. The Morgan fingerprint density at radius 2 is 1.88 bits per heavy atom. The third-order valence-corrected chi connectivity index (χ3v) is 3.74. The smallest absolute Gasteiger partial charge is 0.411 e. The van der Waals surface area contributed by atoms with Crippen molar-refractivity contribution >= 4 is 12.1 Å². The second-order valence-corrected chi connectivity index (χ2v) is 5.69. The number of phenols is 1. The SMILES string of the molecule is CCCN(C(=O)OCc1ccccc1)C(C(=O)O)c1ccc(O)c(F)c1. The van der Waals surface area contributed by atoms with Crippen molar-refractivity contribution in [2.24, 2.45) is 0 Å². The number of nitrogens with zero attached hydrogens (tertiary/aromatic N) is 1. The fraction of sp³-hybridized carbons (Fsp3) is 0.263. The molecule has 1 unspecified atom stereocenters. The molecule has 6 nitrogen and oxygen atoms in total. The van der Waals surface area contributed by atoms with E-state index in [1.54, 1.807) is 31.2 Å². The lowest BCUT2D eigenvalue weighted by molar-refractivity contribution is -0.143. The molecule has 0 spiro atoms. The number of rotatable bonds is 7. The number of hydrogen-bond donors (Lipinski definition) is 2. The summed E-state index contributed by atoms with van der Waals surface area (Å²) in [5.74, 6) is -2.87. The van der Waals surface area contributed by atoms with E-state index in [4.69, 9.17) is 4.74 Å². The van der Waals surface area contributed by atoms with Crippen LogP contribution in [0, 0.1) is 5.82 Å². The Balaban J connectivity index is 2.23. The molecule has 0 radical (unpaired) electrons. The zero-order chi connectivity index (χ0) is 19.1. The molecule has 1 amide bonds. The van der Waals surface area contributed by atoms with Crippen molar-refractivity contribution in [2.75, 3.05) is 6.54 Å². The fourth-order valence-corrected chi connectivity index (χ4v) is 2.52. The van der Waals surface area contributed by atoms with Gasteiger partial charge in [-0.15, -0.1) is 0 Å². The van der Waals surface area contributed by atoms with Crippen LogP contribution < -0.4 is 0 Å². The molecule has 0 aromatic heterocycles. The van der Waals surface area contributed by atoms with E-state index in [-0.39, 0.29) is 18.7 Å². The van der Waals surface area contributed by atoms with Gasteiger partial charge < -0.3 is 14.9 Å². The van der Waals surface area contributed by atoms with Gasteiger partial charge in [-0.2, -0.15) is 0 Å². The number of aromatic hydroxyl groups is 1. The summed E-state index contributed by atoms with van der Waals surface area (Å²) in [6.45, 7) is 1.90. The van der Waals surface area contributed by atoms with E-state index in [0.717, 1.165) is 22.6 Å². The van der Waals surface area contributed by atoms with Crippen LogP contribution in [0.2, 0.25) is 0 Å². The largest absolute Gasteiger partial charge is 0.505 e. The van der Waals surface area contributed by atoms with Gasteiger partial charge >= 0.3 is 12.1 Å². The molecule has 0 saturated heterocycles. The molecule has 0 aliphatic rings. The molecular weight excluding hydrogens is 341 g/mol. The van der Waals surface area contributed by atoms with Crippen molar-refractivity contribution in [1.29, 1.82) is 0 Å². The van der Waals surface area contributed by atoms with Crippen LogP contribution in [0.15, 0.2) is 48.5 Å². The molecule has 2 aromatic rings. The van der Waals surface area contributed by atoms with Gasteiger partial charge in [-0.05, 0) is 29.7 Å². The standard InChI is InChI=1S/C19H20FNO5/c1-2-10-21(19(25)26-12-13-6-4-3-5-7-13)17(18(23)24)14-8-9-16(22)15(20)11-14/h3-9,11,17,22H,2,10,12H2,1H3,(H,23,24). The number of aliphatic carboxylic acids is 1. The molecule has 0 aliphatic heterocycles. The molecule has 26 heavy (non-hydrogen) atoms. The van der Waals surface area contributed by atoms with Gasteiger partial charge in [0.05, 0.1) is 0 Å². The van der Waals surface area contributed by atoms with E-state index < -0.39 is 29.7 Å². The normalized spacial score (nSPS) is 11.6. The maximum Gasteiger partial charge on any atom is 0.411 e. The van der Waals surface area contributed by atoms with Crippen LogP contribution in [-0.4, -0.2) is 33.7 Å². The van der Waals surface area contributed by atoms with E-state index in [1.807, 2.05) is 6.07 Å². The number of carbonyl (C=O) groups excluding carboxylic acids is 1. The third-order valence-electron chi connectivity index (χ3n) is 3.74. The number of carboxylic acid groups (broad SMARTS) is 1. The van der Waals surface area contributed by atoms with Crippen molar-refractivity contribution in [2.45, 2.75) is 26.0 Å². The summed E-state index contributed by atoms with van der Waals surface area (Å²) in [5, 5.41) is 18.9. The Hall–Kier alpha value is -3.09. The highest BCUT2D eigenvalue weighted by atomic mass is 19.1. The van der Waals surface area contributed by atoms with Crippen molar-refractivity contribution in [3.63, 3.8) is 0 Å². The molecule has 2 aromatic carbocycles. The number of phenolic OH excluding ortho intramolecular Hbond substituents is 1. The molecule has 1 atom stereocenters. The molecule has 0 fully saturated rings. The second-order valence-electron chi connectivity index (χ2n) is 5.69. The van der Waals surface area contributed by atoms with Crippen LogP contribution >= 0.6 is 0 Å². The highest BCUT2D eigenvalue weighted by molar-refractivity contribution is 5.81. The Morgan fingerprint density at radius 3 is 2.46 bits per heavy atom. The number of ether oxygens (including phenoxy) is 1. The molecule has 2 rings (SSSR count). The number of carboxylic acids is 1. The summed E-state index contributed by atoms with van der Waals surface area (Å²) in [5.41, 5.74) is 0.803. The molecule has 138 valence electrons. The van der Waals surface area contributed by atoms with E-state index in [2.05, 4.69) is 0 Å². The van der Waals surface area contributed by atoms with Crippen LogP contribution in [-0.2, 0) is 16.1 Å². The highest BCUT2D eigenvalue weighted by Gasteiger charge is 2.32. The average Bonchev–Trinajstić information content (AvgIpc) is 2.63. The van der Waals surface area contributed by atoms with Crippen LogP contribution in [0.4, 0.5) is 9.18 Å². The lowest BCUT2D eigenvalue weighted by Crippen LogP contribution is -2.39. The molecular formula is C19H20FNO5. The first-order valence-corrected chi connectivity index (χ1v) is 8.12. The zero-order valence-electron chi connectivity index (χ0n) is 14.3. The predicted molar refractivity (Wildman–Crippen MR) is 92.1 cm³/mol. The lowest BCUT2D eigenvalue weighted by atomic mass is 10.0. The molecule has 0 bridgehead atoms. The minimum Gasteiger partial charge on any atom is -0.505 e. The van der Waals surface area contributed by atoms with Crippen LogP contribution in [0.25, 0.3) is 0 Å². The maximum atomic E-state index is 13.6. The molecule has 2 N–H and O–H groups in total.